The molecule has 2 aromatic heterocycles. The zero-order chi connectivity index (χ0) is 18.6. The summed E-state index contributed by atoms with van der Waals surface area (Å²) in [6.45, 7) is 4.92. The lowest BCUT2D eigenvalue weighted by atomic mass is 10.0. The Labute approximate surface area is 168 Å². The van der Waals surface area contributed by atoms with Crippen molar-refractivity contribution in [3.8, 4) is 0 Å². The van der Waals surface area contributed by atoms with Gasteiger partial charge in [0.05, 0.1) is 21.9 Å². The number of aromatic nitrogens is 1. The van der Waals surface area contributed by atoms with Gasteiger partial charge >= 0.3 is 0 Å². The van der Waals surface area contributed by atoms with E-state index in [0.29, 0.717) is 6.04 Å². The normalized spacial score (nSPS) is 18.1. The molecule has 0 unspecified atom stereocenters. The molecule has 0 bridgehead atoms. The first kappa shape index (κ1) is 18.9. The van der Waals surface area contributed by atoms with Crippen molar-refractivity contribution < 1.29 is 4.39 Å². The number of hydrogen-bond acceptors (Lipinski definition) is 5. The molecule has 0 radical (unpaired) electrons. The van der Waals surface area contributed by atoms with E-state index in [1.807, 2.05) is 6.07 Å². The van der Waals surface area contributed by atoms with Crippen LogP contribution in [0.3, 0.4) is 0 Å². The lowest BCUT2D eigenvalue weighted by molar-refractivity contribution is 0.202. The molecule has 0 aromatic carbocycles. The molecule has 0 amide bonds. The van der Waals surface area contributed by atoms with Crippen LogP contribution in [0.5, 0.6) is 0 Å². The number of rotatable bonds is 6. The number of allylic oxidation sites excluding steroid dienone is 1. The van der Waals surface area contributed by atoms with Gasteiger partial charge < -0.3 is 15.1 Å². The summed E-state index contributed by atoms with van der Waals surface area (Å²) < 4.78 is 14.4. The number of thiophene rings is 1. The minimum absolute atomic E-state index is 0.270. The van der Waals surface area contributed by atoms with Gasteiger partial charge in [-0.1, -0.05) is 17.7 Å². The SMILES string of the molecule is Fc1cnc2c(c1)N(CCN1CCC(NCc3ccc(Cl)s3)CC1)C=CC2. The number of nitrogens with one attached hydrogen (secondary N) is 1. The van der Waals surface area contributed by atoms with Crippen LogP contribution in [-0.4, -0.2) is 42.1 Å². The summed E-state index contributed by atoms with van der Waals surface area (Å²) >= 11 is 7.64. The van der Waals surface area contributed by atoms with Gasteiger partial charge in [-0.05, 0) is 38.1 Å². The Morgan fingerprint density at radius 1 is 1.26 bits per heavy atom. The smallest absolute Gasteiger partial charge is 0.143 e. The molecular weight excluding hydrogens is 383 g/mol. The van der Waals surface area contributed by atoms with Gasteiger partial charge in [0.15, 0.2) is 0 Å². The van der Waals surface area contributed by atoms with Crippen molar-refractivity contribution in [3.63, 3.8) is 0 Å². The Kier molecular flexibility index (Phi) is 6.08. The Morgan fingerprint density at radius 2 is 2.11 bits per heavy atom. The number of piperidine rings is 1. The minimum atomic E-state index is -0.270. The van der Waals surface area contributed by atoms with E-state index in [4.69, 9.17) is 11.6 Å². The highest BCUT2D eigenvalue weighted by Crippen LogP contribution is 2.25. The van der Waals surface area contributed by atoms with Crippen molar-refractivity contribution in [2.24, 2.45) is 0 Å². The lowest BCUT2D eigenvalue weighted by Crippen LogP contribution is -2.44. The zero-order valence-corrected chi connectivity index (χ0v) is 16.8. The van der Waals surface area contributed by atoms with Crippen molar-refractivity contribution in [2.75, 3.05) is 31.1 Å². The number of pyridine rings is 1. The zero-order valence-electron chi connectivity index (χ0n) is 15.2. The van der Waals surface area contributed by atoms with Crippen LogP contribution in [0.4, 0.5) is 10.1 Å². The van der Waals surface area contributed by atoms with Crippen LogP contribution in [0, 0.1) is 5.82 Å². The monoisotopic (exact) mass is 406 g/mol. The van der Waals surface area contributed by atoms with Crippen LogP contribution < -0.4 is 10.2 Å². The minimum Gasteiger partial charge on any atom is -0.345 e. The first-order valence-corrected chi connectivity index (χ1v) is 10.6. The highest BCUT2D eigenvalue weighted by atomic mass is 35.5. The fraction of sp³-hybridized carbons (Fsp3) is 0.450. The molecule has 0 aliphatic carbocycles. The largest absolute Gasteiger partial charge is 0.345 e. The highest BCUT2D eigenvalue weighted by Gasteiger charge is 2.20. The van der Waals surface area contributed by atoms with E-state index in [1.54, 1.807) is 17.4 Å². The Morgan fingerprint density at radius 3 is 2.89 bits per heavy atom. The van der Waals surface area contributed by atoms with Crippen molar-refractivity contribution in [1.29, 1.82) is 0 Å². The number of halogens is 2. The molecule has 2 aromatic rings. The molecule has 1 saturated heterocycles. The Hall–Kier alpha value is -1.47. The van der Waals surface area contributed by atoms with Crippen LogP contribution in [-0.2, 0) is 13.0 Å². The summed E-state index contributed by atoms with van der Waals surface area (Å²) in [5, 5.41) is 3.65. The molecule has 1 fully saturated rings. The van der Waals surface area contributed by atoms with E-state index < -0.39 is 0 Å². The van der Waals surface area contributed by atoms with Crippen molar-refractivity contribution in [2.45, 2.75) is 31.8 Å². The molecule has 27 heavy (non-hydrogen) atoms. The van der Waals surface area contributed by atoms with Crippen molar-refractivity contribution in [3.05, 3.63) is 57.4 Å². The third kappa shape index (κ3) is 4.88. The molecule has 4 nitrogen and oxygen atoms in total. The third-order valence-corrected chi connectivity index (χ3v) is 6.49. The van der Waals surface area contributed by atoms with E-state index in [-0.39, 0.29) is 5.82 Å². The van der Waals surface area contributed by atoms with E-state index in [2.05, 4.69) is 38.4 Å². The van der Waals surface area contributed by atoms with E-state index in [1.165, 1.54) is 11.1 Å². The summed E-state index contributed by atoms with van der Waals surface area (Å²) in [6.07, 6.45) is 8.55. The standard InChI is InChI=1S/C20H24ClFN4S/c21-20-4-3-17(27-20)14-23-16-5-8-25(9-6-16)10-11-26-7-1-2-18-19(26)12-15(22)13-24-18/h1,3-4,7,12-13,16,23H,2,5-6,8-11,14H2. The Balaban J connectivity index is 1.22. The molecule has 2 aliphatic rings. The molecular formula is C20H24ClFN4S. The summed E-state index contributed by atoms with van der Waals surface area (Å²) in [5.41, 5.74) is 1.86. The van der Waals surface area contributed by atoms with Gasteiger partial charge in [0.25, 0.3) is 0 Å². The van der Waals surface area contributed by atoms with Crippen LogP contribution >= 0.6 is 22.9 Å². The predicted octanol–water partition coefficient (Wildman–Crippen LogP) is 4.07. The molecule has 0 saturated carbocycles. The van der Waals surface area contributed by atoms with Gasteiger partial charge in [-0.25, -0.2) is 4.39 Å². The van der Waals surface area contributed by atoms with Crippen molar-refractivity contribution in [1.82, 2.24) is 15.2 Å². The van der Waals surface area contributed by atoms with Gasteiger partial charge in [0.1, 0.15) is 5.82 Å². The summed E-state index contributed by atoms with van der Waals surface area (Å²) in [7, 11) is 0. The van der Waals surface area contributed by atoms with Crippen LogP contribution in [0.25, 0.3) is 0 Å². The number of likely N-dealkylation sites (tertiary alicyclic amines) is 1. The maximum absolute atomic E-state index is 13.6. The second kappa shape index (κ2) is 8.69. The first-order valence-electron chi connectivity index (χ1n) is 9.45. The summed E-state index contributed by atoms with van der Waals surface area (Å²) in [5.74, 6) is -0.270. The van der Waals surface area contributed by atoms with E-state index in [0.717, 1.165) is 67.7 Å². The fourth-order valence-electron chi connectivity index (χ4n) is 3.73. The quantitative estimate of drug-likeness (QED) is 0.783. The van der Waals surface area contributed by atoms with Crippen LogP contribution in [0.2, 0.25) is 4.34 Å². The molecule has 2 aliphatic heterocycles. The molecule has 4 rings (SSSR count). The number of hydrogen-bond donors (Lipinski definition) is 1. The maximum atomic E-state index is 13.6. The second-order valence-corrected chi connectivity index (χ2v) is 8.90. The molecule has 7 heteroatoms. The number of anilines is 1. The van der Waals surface area contributed by atoms with Gasteiger partial charge in [0.2, 0.25) is 0 Å². The molecule has 0 spiro atoms. The topological polar surface area (TPSA) is 31.4 Å². The second-order valence-electron chi connectivity index (χ2n) is 7.10. The van der Waals surface area contributed by atoms with Crippen molar-refractivity contribution >= 4 is 28.6 Å². The number of nitrogens with zero attached hydrogens (tertiary/aromatic N) is 3. The van der Waals surface area contributed by atoms with E-state index in [9.17, 15) is 4.39 Å². The van der Waals surface area contributed by atoms with Gasteiger partial charge in [-0.15, -0.1) is 11.3 Å². The predicted molar refractivity (Wildman–Crippen MR) is 110 cm³/mol. The van der Waals surface area contributed by atoms with Gasteiger partial charge in [0, 0.05) is 49.2 Å². The average molecular weight is 407 g/mol. The molecule has 0 atom stereocenters. The first-order chi connectivity index (χ1) is 13.2. The third-order valence-electron chi connectivity index (χ3n) is 5.26. The summed E-state index contributed by atoms with van der Waals surface area (Å²) in [6, 6.07) is 6.21. The fourth-order valence-corrected chi connectivity index (χ4v) is 4.77. The van der Waals surface area contributed by atoms with E-state index >= 15 is 0 Å². The van der Waals surface area contributed by atoms with Gasteiger partial charge in [-0.2, -0.15) is 0 Å². The number of fused-ring (bicyclic) bond motifs is 1. The van der Waals surface area contributed by atoms with Crippen LogP contribution in [0.1, 0.15) is 23.4 Å². The van der Waals surface area contributed by atoms with Crippen LogP contribution in [0.15, 0.2) is 36.7 Å². The summed E-state index contributed by atoms with van der Waals surface area (Å²) in [4.78, 5) is 10.1. The average Bonchev–Trinajstić information content (AvgIpc) is 3.11. The Bertz CT molecular complexity index is 801. The maximum Gasteiger partial charge on any atom is 0.143 e. The lowest BCUT2D eigenvalue weighted by Gasteiger charge is -2.34. The highest BCUT2D eigenvalue weighted by molar-refractivity contribution is 7.16. The molecule has 144 valence electrons. The molecule has 4 heterocycles. The molecule has 1 N–H and O–H groups in total. The van der Waals surface area contributed by atoms with Gasteiger partial charge in [-0.3, -0.25) is 4.98 Å².